The van der Waals surface area contributed by atoms with Crippen molar-refractivity contribution in [3.05, 3.63) is 70.5 Å². The third kappa shape index (κ3) is 4.32. The molecule has 2 aromatic carbocycles. The fourth-order valence-corrected chi connectivity index (χ4v) is 3.32. The highest BCUT2D eigenvalue weighted by Gasteiger charge is 2.31. The Balaban J connectivity index is 1.86. The number of amides is 1. The standard InChI is InChI=1S/C22H21F3N2O3/c1-3-26(16-9-7-8-15(12-16)22(23,24)25)21(29)14-30-19-13-20(28)27(4-2)18-11-6-5-10-17(18)19/h5-13H,3-4,14H2,1-2H3. The lowest BCUT2D eigenvalue weighted by Gasteiger charge is -2.22. The zero-order valence-corrected chi connectivity index (χ0v) is 16.6. The Labute approximate surface area is 171 Å². The van der Waals surface area contributed by atoms with E-state index in [4.69, 9.17) is 4.74 Å². The van der Waals surface area contributed by atoms with E-state index in [1.807, 2.05) is 6.92 Å². The second-order valence-electron chi connectivity index (χ2n) is 6.58. The summed E-state index contributed by atoms with van der Waals surface area (Å²) >= 11 is 0. The van der Waals surface area contributed by atoms with Gasteiger partial charge in [0, 0.05) is 30.2 Å². The lowest BCUT2D eigenvalue weighted by Crippen LogP contribution is -2.35. The van der Waals surface area contributed by atoms with Crippen LogP contribution in [0.3, 0.4) is 0 Å². The maximum absolute atomic E-state index is 13.0. The van der Waals surface area contributed by atoms with Gasteiger partial charge in [0.1, 0.15) is 5.75 Å². The Morgan fingerprint density at radius 1 is 1.07 bits per heavy atom. The minimum absolute atomic E-state index is 0.132. The molecule has 0 aliphatic heterocycles. The number of para-hydroxylation sites is 1. The molecule has 0 aliphatic carbocycles. The lowest BCUT2D eigenvalue weighted by molar-refractivity contribution is -0.137. The van der Waals surface area contributed by atoms with E-state index in [1.165, 1.54) is 23.1 Å². The normalized spacial score (nSPS) is 11.5. The largest absolute Gasteiger partial charge is 0.483 e. The average molecular weight is 418 g/mol. The van der Waals surface area contributed by atoms with Crippen LogP contribution in [0.1, 0.15) is 19.4 Å². The third-order valence-corrected chi connectivity index (χ3v) is 4.75. The van der Waals surface area contributed by atoms with Crippen molar-refractivity contribution in [2.75, 3.05) is 18.1 Å². The molecule has 0 aliphatic rings. The van der Waals surface area contributed by atoms with E-state index >= 15 is 0 Å². The predicted octanol–water partition coefficient (Wildman–Crippen LogP) is 4.47. The van der Waals surface area contributed by atoms with Crippen LogP contribution >= 0.6 is 0 Å². The molecule has 0 saturated carbocycles. The van der Waals surface area contributed by atoms with Crippen LogP contribution in [0.5, 0.6) is 5.75 Å². The van der Waals surface area contributed by atoms with Gasteiger partial charge in [0.15, 0.2) is 6.61 Å². The van der Waals surface area contributed by atoms with Gasteiger partial charge in [-0.05, 0) is 44.2 Å². The molecule has 0 unspecified atom stereocenters. The molecule has 0 saturated heterocycles. The van der Waals surface area contributed by atoms with Gasteiger partial charge in [-0.1, -0.05) is 18.2 Å². The van der Waals surface area contributed by atoms with Gasteiger partial charge in [0.25, 0.3) is 11.5 Å². The molecule has 1 heterocycles. The van der Waals surface area contributed by atoms with E-state index in [1.54, 1.807) is 35.8 Å². The summed E-state index contributed by atoms with van der Waals surface area (Å²) in [5.74, 6) is -0.255. The molecule has 0 spiro atoms. The van der Waals surface area contributed by atoms with Gasteiger partial charge in [-0.3, -0.25) is 9.59 Å². The van der Waals surface area contributed by atoms with Crippen LogP contribution in [0.25, 0.3) is 10.9 Å². The molecule has 1 aromatic heterocycles. The molecule has 3 aromatic rings. The number of aromatic nitrogens is 1. The molecule has 8 heteroatoms. The van der Waals surface area contributed by atoms with Gasteiger partial charge in [-0.15, -0.1) is 0 Å². The van der Waals surface area contributed by atoms with Crippen molar-refractivity contribution in [1.82, 2.24) is 4.57 Å². The number of aryl methyl sites for hydroxylation is 1. The molecule has 0 bridgehead atoms. The number of hydrogen-bond acceptors (Lipinski definition) is 3. The number of rotatable bonds is 6. The van der Waals surface area contributed by atoms with E-state index in [0.29, 0.717) is 17.4 Å². The summed E-state index contributed by atoms with van der Waals surface area (Å²) < 4.78 is 46.2. The van der Waals surface area contributed by atoms with E-state index in [-0.39, 0.29) is 23.5 Å². The minimum Gasteiger partial charge on any atom is -0.483 e. The maximum atomic E-state index is 13.0. The summed E-state index contributed by atoms with van der Waals surface area (Å²) in [6, 6.07) is 13.1. The van der Waals surface area contributed by atoms with Crippen LogP contribution in [0.15, 0.2) is 59.4 Å². The summed E-state index contributed by atoms with van der Waals surface area (Å²) in [7, 11) is 0. The first-order valence-corrected chi connectivity index (χ1v) is 9.49. The Bertz CT molecular complexity index is 1120. The molecule has 0 atom stereocenters. The SMILES string of the molecule is CCN(C(=O)COc1cc(=O)n(CC)c2ccccc12)c1cccc(C(F)(F)F)c1. The van der Waals surface area contributed by atoms with Crippen molar-refractivity contribution in [3.8, 4) is 5.75 Å². The van der Waals surface area contributed by atoms with Crippen molar-refractivity contribution in [2.45, 2.75) is 26.6 Å². The number of fused-ring (bicyclic) bond motifs is 1. The van der Waals surface area contributed by atoms with Gasteiger partial charge in [0.2, 0.25) is 0 Å². The number of likely N-dealkylation sites (N-methyl/N-ethyl adjacent to an activating group) is 1. The number of carbonyl (C=O) groups excluding carboxylic acids is 1. The molecule has 158 valence electrons. The molecular weight excluding hydrogens is 397 g/mol. The number of hydrogen-bond donors (Lipinski definition) is 0. The Kier molecular flexibility index (Phi) is 6.14. The maximum Gasteiger partial charge on any atom is 0.416 e. The number of benzene rings is 2. The fourth-order valence-electron chi connectivity index (χ4n) is 3.32. The van der Waals surface area contributed by atoms with Crippen molar-refractivity contribution >= 4 is 22.5 Å². The number of pyridine rings is 1. The predicted molar refractivity (Wildman–Crippen MR) is 109 cm³/mol. The van der Waals surface area contributed by atoms with Crippen molar-refractivity contribution in [3.63, 3.8) is 0 Å². The fraction of sp³-hybridized carbons (Fsp3) is 0.273. The molecule has 5 nitrogen and oxygen atoms in total. The topological polar surface area (TPSA) is 51.5 Å². The first-order chi connectivity index (χ1) is 14.3. The highest BCUT2D eigenvalue weighted by molar-refractivity contribution is 5.95. The number of ether oxygens (including phenoxy) is 1. The summed E-state index contributed by atoms with van der Waals surface area (Å²) in [6.07, 6.45) is -4.50. The number of halogens is 3. The summed E-state index contributed by atoms with van der Waals surface area (Å²) in [5.41, 5.74) is -0.280. The summed E-state index contributed by atoms with van der Waals surface area (Å²) in [6.45, 7) is 3.76. The van der Waals surface area contributed by atoms with Crippen LogP contribution in [0.4, 0.5) is 18.9 Å². The third-order valence-electron chi connectivity index (χ3n) is 4.75. The monoisotopic (exact) mass is 418 g/mol. The Morgan fingerprint density at radius 2 is 1.80 bits per heavy atom. The molecule has 0 N–H and O–H groups in total. The smallest absolute Gasteiger partial charge is 0.416 e. The van der Waals surface area contributed by atoms with Crippen LogP contribution in [0, 0.1) is 0 Å². The van der Waals surface area contributed by atoms with Crippen LogP contribution in [-0.4, -0.2) is 23.6 Å². The van der Waals surface area contributed by atoms with Gasteiger partial charge < -0.3 is 14.2 Å². The van der Waals surface area contributed by atoms with Crippen LogP contribution in [-0.2, 0) is 17.5 Å². The number of nitrogens with zero attached hydrogens (tertiary/aromatic N) is 2. The number of carbonyl (C=O) groups is 1. The van der Waals surface area contributed by atoms with Crippen molar-refractivity contribution in [1.29, 1.82) is 0 Å². The first kappa shape index (κ1) is 21.4. The molecule has 3 rings (SSSR count). The lowest BCUT2D eigenvalue weighted by atomic mass is 10.1. The van der Waals surface area contributed by atoms with Crippen LogP contribution < -0.4 is 15.2 Å². The van der Waals surface area contributed by atoms with Crippen molar-refractivity contribution < 1.29 is 22.7 Å². The van der Waals surface area contributed by atoms with E-state index in [2.05, 4.69) is 0 Å². The molecule has 0 radical (unpaired) electrons. The number of anilines is 1. The Morgan fingerprint density at radius 3 is 2.47 bits per heavy atom. The van der Waals surface area contributed by atoms with E-state index < -0.39 is 24.3 Å². The number of alkyl halides is 3. The highest BCUT2D eigenvalue weighted by Crippen LogP contribution is 2.31. The van der Waals surface area contributed by atoms with Gasteiger partial charge in [0.05, 0.1) is 11.1 Å². The zero-order chi connectivity index (χ0) is 21.9. The van der Waals surface area contributed by atoms with E-state index in [0.717, 1.165) is 12.1 Å². The molecular formula is C22H21F3N2O3. The van der Waals surface area contributed by atoms with E-state index in [9.17, 15) is 22.8 Å². The average Bonchev–Trinajstić information content (AvgIpc) is 2.72. The second kappa shape index (κ2) is 8.61. The first-order valence-electron chi connectivity index (χ1n) is 9.49. The molecule has 1 amide bonds. The minimum atomic E-state index is -4.50. The summed E-state index contributed by atoms with van der Waals surface area (Å²) in [5, 5.41) is 0.675. The van der Waals surface area contributed by atoms with Crippen molar-refractivity contribution in [2.24, 2.45) is 0 Å². The highest BCUT2D eigenvalue weighted by atomic mass is 19.4. The quantitative estimate of drug-likeness (QED) is 0.594. The summed E-state index contributed by atoms with van der Waals surface area (Å²) in [4.78, 5) is 26.3. The zero-order valence-electron chi connectivity index (χ0n) is 16.6. The van der Waals surface area contributed by atoms with Gasteiger partial charge >= 0.3 is 6.18 Å². The van der Waals surface area contributed by atoms with Crippen LogP contribution in [0.2, 0.25) is 0 Å². The van der Waals surface area contributed by atoms with Gasteiger partial charge in [-0.2, -0.15) is 13.2 Å². The molecule has 0 fully saturated rings. The molecule has 30 heavy (non-hydrogen) atoms. The van der Waals surface area contributed by atoms with Gasteiger partial charge in [-0.25, -0.2) is 0 Å². The second-order valence-corrected chi connectivity index (χ2v) is 6.58. The Hall–Kier alpha value is -3.29.